The maximum Gasteiger partial charge on any atom is 0.252 e. The van der Waals surface area contributed by atoms with Crippen molar-refractivity contribution >= 4 is 103 Å². The van der Waals surface area contributed by atoms with E-state index in [9.17, 15) is 0 Å². The van der Waals surface area contributed by atoms with Crippen LogP contribution in [0.15, 0.2) is 218 Å². The molecular weight excluding hydrogens is 828 g/mol. The van der Waals surface area contributed by atoms with Crippen molar-refractivity contribution in [3.05, 3.63) is 224 Å². The maximum absolute atomic E-state index is 2.67. The summed E-state index contributed by atoms with van der Waals surface area (Å²) in [4.78, 5) is 15.4. The third kappa shape index (κ3) is 5.78. The minimum absolute atomic E-state index is 0.115. The topological polar surface area (TPSA) is 19.4 Å². The van der Waals surface area contributed by atoms with Crippen molar-refractivity contribution in [3.63, 3.8) is 0 Å². The van der Waals surface area contributed by atoms with Crippen LogP contribution < -0.4 is 45.8 Å². The molecule has 9 aromatic carbocycles. The van der Waals surface area contributed by atoms with Crippen molar-refractivity contribution in [2.75, 3.05) is 29.4 Å². The highest BCUT2D eigenvalue weighted by Gasteiger charge is 2.57. The molecule has 4 heterocycles. The lowest BCUT2D eigenvalue weighted by Crippen LogP contribution is -2.65. The van der Waals surface area contributed by atoms with E-state index in [0.717, 1.165) is 45.5 Å². The maximum atomic E-state index is 2.67. The molecule has 0 saturated carbocycles. The lowest BCUT2D eigenvalue weighted by Gasteiger charge is -2.49. The summed E-state index contributed by atoms with van der Waals surface area (Å²) in [5.41, 5.74) is 20.6. The number of benzene rings is 9. The molecule has 9 aromatic rings. The molecule has 4 aliphatic heterocycles. The molecule has 7 heteroatoms. The number of anilines is 14. The summed E-state index contributed by atoms with van der Waals surface area (Å²) in [5.74, 6) is 0. The van der Waals surface area contributed by atoms with Gasteiger partial charge in [0.25, 0.3) is 6.71 Å². The number of aryl methyl sites for hydroxylation is 1. The van der Waals surface area contributed by atoms with Gasteiger partial charge in [-0.25, -0.2) is 0 Å². The third-order valence-corrected chi connectivity index (χ3v) is 14.6. The van der Waals surface area contributed by atoms with Crippen LogP contribution >= 0.6 is 0 Å². The quantitative estimate of drug-likeness (QED) is 0.141. The van der Waals surface area contributed by atoms with E-state index in [-0.39, 0.29) is 6.71 Å². The fourth-order valence-corrected chi connectivity index (χ4v) is 12.1. The monoisotopic (exact) mass is 878 g/mol. The second-order valence-electron chi connectivity index (χ2n) is 19.5. The zero-order valence-corrected chi connectivity index (χ0v) is 39.0. The first-order valence-corrected chi connectivity index (χ1v) is 23.8. The number of para-hydroxylation sites is 6. The van der Waals surface area contributed by atoms with Crippen LogP contribution in [0.5, 0.6) is 0 Å². The second-order valence-corrected chi connectivity index (χ2v) is 19.5. The summed E-state index contributed by atoms with van der Waals surface area (Å²) in [6.07, 6.45) is 0. The van der Waals surface area contributed by atoms with Crippen molar-refractivity contribution in [2.24, 2.45) is 0 Å². The number of rotatable bonds is 8. The van der Waals surface area contributed by atoms with E-state index in [1.165, 1.54) is 56.1 Å². The van der Waals surface area contributed by atoms with E-state index >= 15 is 0 Å². The van der Waals surface area contributed by atoms with E-state index in [1.807, 2.05) is 0 Å². The molecule has 0 spiro atoms. The van der Waals surface area contributed by atoms with Gasteiger partial charge in [-0.3, -0.25) is 0 Å². The molecule has 0 radical (unpaired) electrons. The zero-order valence-electron chi connectivity index (χ0n) is 39.0. The molecule has 0 unspecified atom stereocenters. The zero-order chi connectivity index (χ0) is 45.9. The Morgan fingerprint density at radius 1 is 0.338 bits per heavy atom. The van der Waals surface area contributed by atoms with Gasteiger partial charge in [0.15, 0.2) is 0 Å². The Balaban J connectivity index is 1.17. The lowest BCUT2D eigenvalue weighted by molar-refractivity contribution is 0.537. The first-order valence-electron chi connectivity index (χ1n) is 23.8. The summed E-state index contributed by atoms with van der Waals surface area (Å²) >= 11 is 0. The molecule has 0 saturated heterocycles. The van der Waals surface area contributed by atoms with Gasteiger partial charge >= 0.3 is 0 Å². The smallest absolute Gasteiger partial charge is 0.252 e. The normalized spacial score (nSPS) is 15.2. The highest BCUT2D eigenvalue weighted by molar-refractivity contribution is 7.00. The number of nitrogens with zero attached hydrogens (tertiary/aromatic N) is 6. The van der Waals surface area contributed by atoms with Crippen LogP contribution in [0.3, 0.4) is 0 Å². The van der Waals surface area contributed by atoms with Gasteiger partial charge in [0.2, 0.25) is 0 Å². The van der Waals surface area contributed by atoms with Crippen LogP contribution in [0.2, 0.25) is 0 Å². The van der Waals surface area contributed by atoms with E-state index in [1.54, 1.807) is 0 Å². The molecule has 0 N–H and O–H groups in total. The first kappa shape index (κ1) is 40.1. The molecule has 0 fully saturated rings. The van der Waals surface area contributed by atoms with Crippen molar-refractivity contribution in [3.8, 4) is 0 Å². The van der Waals surface area contributed by atoms with Crippen LogP contribution in [0, 0.1) is 6.92 Å². The van der Waals surface area contributed by atoms with Gasteiger partial charge in [-0.2, -0.15) is 0 Å². The van der Waals surface area contributed by atoms with Crippen LogP contribution in [-0.4, -0.2) is 18.0 Å². The van der Waals surface area contributed by atoms with Crippen molar-refractivity contribution in [1.82, 2.24) is 0 Å². The van der Waals surface area contributed by atoms with Crippen LogP contribution in [-0.2, 0) is 0 Å². The van der Waals surface area contributed by atoms with Crippen molar-refractivity contribution in [1.29, 1.82) is 0 Å². The van der Waals surface area contributed by atoms with Gasteiger partial charge in [0.05, 0.1) is 22.7 Å². The Hall–Kier alpha value is -8.16. The second kappa shape index (κ2) is 14.9. The van der Waals surface area contributed by atoms with E-state index in [4.69, 9.17) is 0 Å². The molecule has 4 aliphatic rings. The summed E-state index contributed by atoms with van der Waals surface area (Å²) in [7, 11) is 0. The SMILES string of the molecule is Cc1cc2c3c(c1)N1c4c(cc(N(c5ccccc5)c5ccccc5)cc4N(c4ccccc4)C1(C)C)B3c1cc(N(c3ccccc3)c3ccccc3)cc3c1N2C(C)(C)N3c1ccccc1. The average molecular weight is 879 g/mol. The molecule has 68 heavy (non-hydrogen) atoms. The molecule has 13 rings (SSSR count). The van der Waals surface area contributed by atoms with Crippen LogP contribution in [0.25, 0.3) is 0 Å². The van der Waals surface area contributed by atoms with Crippen LogP contribution in [0.4, 0.5) is 79.6 Å². The van der Waals surface area contributed by atoms with E-state index < -0.39 is 11.3 Å². The average Bonchev–Trinajstić information content (AvgIpc) is 3.75. The highest BCUT2D eigenvalue weighted by atomic mass is 15.5. The fraction of sp³-hybridized carbons (Fsp3) is 0.115. The van der Waals surface area contributed by atoms with Gasteiger partial charge in [-0.1, -0.05) is 109 Å². The minimum atomic E-state index is -0.491. The van der Waals surface area contributed by atoms with Gasteiger partial charge in [0.1, 0.15) is 11.3 Å². The van der Waals surface area contributed by atoms with Gasteiger partial charge < -0.3 is 29.4 Å². The van der Waals surface area contributed by atoms with Gasteiger partial charge in [0, 0.05) is 56.9 Å². The fourth-order valence-electron chi connectivity index (χ4n) is 12.1. The van der Waals surface area contributed by atoms with E-state index in [0.29, 0.717) is 0 Å². The highest BCUT2D eigenvalue weighted by Crippen LogP contribution is 2.60. The van der Waals surface area contributed by atoms with E-state index in [2.05, 4.69) is 282 Å². The lowest BCUT2D eigenvalue weighted by atomic mass is 9.33. The molecule has 0 aliphatic carbocycles. The molecular formula is C61H51BN6. The summed E-state index contributed by atoms with van der Waals surface area (Å²) in [6, 6.07) is 80.2. The van der Waals surface area contributed by atoms with Crippen molar-refractivity contribution < 1.29 is 0 Å². The predicted molar refractivity (Wildman–Crippen MR) is 288 cm³/mol. The Morgan fingerprint density at radius 3 is 0.971 bits per heavy atom. The van der Waals surface area contributed by atoms with Crippen LogP contribution in [0.1, 0.15) is 33.3 Å². The number of hydrogen-bond acceptors (Lipinski definition) is 6. The van der Waals surface area contributed by atoms with Crippen molar-refractivity contribution in [2.45, 2.75) is 45.9 Å². The third-order valence-electron chi connectivity index (χ3n) is 14.6. The predicted octanol–water partition coefficient (Wildman–Crippen LogP) is 14.1. The first-order chi connectivity index (χ1) is 33.2. The Kier molecular flexibility index (Phi) is 8.81. The molecule has 6 nitrogen and oxygen atoms in total. The minimum Gasteiger partial charge on any atom is -0.317 e. The summed E-state index contributed by atoms with van der Waals surface area (Å²) < 4.78 is 0. The molecule has 0 atom stereocenters. The van der Waals surface area contributed by atoms with Gasteiger partial charge in [-0.15, -0.1) is 0 Å². The summed E-state index contributed by atoms with van der Waals surface area (Å²) in [6.45, 7) is 11.7. The Morgan fingerprint density at radius 2 is 0.647 bits per heavy atom. The molecule has 0 amide bonds. The number of hydrogen-bond donors (Lipinski definition) is 0. The largest absolute Gasteiger partial charge is 0.317 e. The molecule has 328 valence electrons. The Labute approximate surface area is 400 Å². The number of fused-ring (bicyclic) bond motifs is 4. The molecule has 0 bridgehead atoms. The Bertz CT molecular complexity index is 3080. The van der Waals surface area contributed by atoms with Gasteiger partial charge in [-0.05, 0) is 166 Å². The summed E-state index contributed by atoms with van der Waals surface area (Å²) in [5, 5.41) is 0. The standard InChI is InChI=1S/C61H51BN6/c1-42-36-53-57-54(37-42)68-59-52(39-50(41-56(59)66(61(68,4)5)48-34-22-11-23-35-48)64(45-28-16-8-17-29-45)46-30-18-9-19-31-46)62(57)51-38-49(63(43-24-12-6-13-25-43)44-26-14-7-15-27-44)40-55-58(51)67(53)60(2,3)65(55)47-32-20-10-21-33-47/h6-41H,1-5H3. The molecule has 0 aromatic heterocycles.